The van der Waals surface area contributed by atoms with Gasteiger partial charge in [-0.15, -0.1) is 0 Å². The van der Waals surface area contributed by atoms with Crippen LogP contribution in [-0.4, -0.2) is 98.9 Å². The summed E-state index contributed by atoms with van der Waals surface area (Å²) >= 11 is 0. The SMILES string of the molecule is CO[C@@H]1[C@H]2OC(=O)c3cc(O)c(O)c(O)c3-c3c(cc(O)c(O)c3O)C(=O)O[C@@H]1[C@@H](COC(C)=O)O[C@@H]2OC(C)=O. The Morgan fingerprint density at radius 1 is 0.780 bits per heavy atom. The number of carbonyl (C=O) groups is 4. The van der Waals surface area contributed by atoms with Crippen LogP contribution in [0.2, 0.25) is 0 Å². The maximum Gasteiger partial charge on any atom is 0.339 e. The second-order valence-corrected chi connectivity index (χ2v) is 8.93. The Morgan fingerprint density at radius 3 is 1.71 bits per heavy atom. The molecule has 1 fully saturated rings. The molecule has 2 aromatic carbocycles. The number of aromatic hydroxyl groups is 6. The fraction of sp³-hybridized carbons (Fsp3) is 0.360. The molecule has 5 atom stereocenters. The predicted molar refractivity (Wildman–Crippen MR) is 128 cm³/mol. The maximum absolute atomic E-state index is 13.6. The van der Waals surface area contributed by atoms with E-state index in [1.807, 2.05) is 0 Å². The summed E-state index contributed by atoms with van der Waals surface area (Å²) in [7, 11) is 1.12. The van der Waals surface area contributed by atoms with Crippen LogP contribution >= 0.6 is 0 Å². The first-order chi connectivity index (χ1) is 19.3. The van der Waals surface area contributed by atoms with Gasteiger partial charge in [0.05, 0.1) is 11.1 Å². The van der Waals surface area contributed by atoms with Crippen LogP contribution in [0.15, 0.2) is 12.1 Å². The van der Waals surface area contributed by atoms with Crippen molar-refractivity contribution in [2.75, 3.05) is 13.7 Å². The van der Waals surface area contributed by atoms with Gasteiger partial charge >= 0.3 is 23.9 Å². The van der Waals surface area contributed by atoms with Crippen molar-refractivity contribution in [3.63, 3.8) is 0 Å². The highest BCUT2D eigenvalue weighted by atomic mass is 16.7. The summed E-state index contributed by atoms with van der Waals surface area (Å²) in [6.45, 7) is 1.52. The number of phenols is 6. The fourth-order valence-electron chi connectivity index (χ4n) is 4.50. The second-order valence-electron chi connectivity index (χ2n) is 8.93. The zero-order valence-corrected chi connectivity index (χ0v) is 21.5. The molecule has 2 aromatic rings. The molecule has 2 bridgehead atoms. The highest BCUT2D eigenvalue weighted by molar-refractivity contribution is 6.08. The van der Waals surface area contributed by atoms with E-state index in [0.29, 0.717) is 12.1 Å². The van der Waals surface area contributed by atoms with E-state index >= 15 is 0 Å². The van der Waals surface area contributed by atoms with Crippen molar-refractivity contribution >= 4 is 23.9 Å². The molecule has 1 saturated heterocycles. The number of fused-ring (bicyclic) bond motifs is 5. The second kappa shape index (κ2) is 10.9. The number of hydrogen-bond donors (Lipinski definition) is 6. The number of carbonyl (C=O) groups excluding carboxylic acids is 4. The molecule has 0 spiro atoms. The summed E-state index contributed by atoms with van der Waals surface area (Å²) in [6, 6.07) is 1.26. The van der Waals surface area contributed by atoms with Crippen molar-refractivity contribution < 1.29 is 78.2 Å². The van der Waals surface area contributed by atoms with E-state index in [0.717, 1.165) is 21.0 Å². The lowest BCUT2D eigenvalue weighted by Gasteiger charge is -2.43. The number of esters is 4. The van der Waals surface area contributed by atoms with Gasteiger partial charge in [0.25, 0.3) is 0 Å². The third kappa shape index (κ3) is 5.17. The van der Waals surface area contributed by atoms with Crippen molar-refractivity contribution in [1.29, 1.82) is 0 Å². The number of hydrogen-bond acceptors (Lipinski definition) is 16. The lowest BCUT2D eigenvalue weighted by molar-refractivity contribution is -0.294. The summed E-state index contributed by atoms with van der Waals surface area (Å²) in [5, 5.41) is 62.2. The number of benzene rings is 2. The van der Waals surface area contributed by atoms with Crippen LogP contribution in [0.5, 0.6) is 34.5 Å². The summed E-state index contributed by atoms with van der Waals surface area (Å²) in [4.78, 5) is 50.5. The van der Waals surface area contributed by atoms with Gasteiger partial charge in [-0.2, -0.15) is 0 Å². The first-order valence-corrected chi connectivity index (χ1v) is 11.7. The number of rotatable bonds is 4. The minimum absolute atomic E-state index is 0.576. The maximum atomic E-state index is 13.6. The largest absolute Gasteiger partial charge is 0.504 e. The molecule has 0 radical (unpaired) electrons. The van der Waals surface area contributed by atoms with Gasteiger partial charge in [0.2, 0.25) is 17.8 Å². The fourth-order valence-corrected chi connectivity index (χ4v) is 4.50. The lowest BCUT2D eigenvalue weighted by atomic mass is 9.92. The van der Waals surface area contributed by atoms with Gasteiger partial charge in [0.15, 0.2) is 35.2 Å². The van der Waals surface area contributed by atoms with Crippen LogP contribution in [-0.2, 0) is 38.0 Å². The quantitative estimate of drug-likeness (QED) is 0.164. The third-order valence-electron chi connectivity index (χ3n) is 6.28. The van der Waals surface area contributed by atoms with E-state index in [-0.39, 0.29) is 0 Å². The molecule has 41 heavy (non-hydrogen) atoms. The average molecular weight is 580 g/mol. The molecule has 0 aliphatic carbocycles. The van der Waals surface area contributed by atoms with Crippen molar-refractivity contribution in [2.24, 2.45) is 0 Å². The molecule has 0 amide bonds. The van der Waals surface area contributed by atoms with Crippen LogP contribution in [0.1, 0.15) is 34.6 Å². The Bertz CT molecular complexity index is 1430. The lowest BCUT2D eigenvalue weighted by Crippen LogP contribution is -2.62. The summed E-state index contributed by atoms with van der Waals surface area (Å²) in [6.07, 6.45) is -7.90. The molecule has 0 aromatic heterocycles. The molecule has 2 heterocycles. The molecule has 2 aliphatic rings. The van der Waals surface area contributed by atoms with Crippen molar-refractivity contribution in [1.82, 2.24) is 0 Å². The van der Waals surface area contributed by atoms with Gasteiger partial charge in [0.1, 0.15) is 18.8 Å². The molecular weight excluding hydrogens is 556 g/mol. The summed E-state index contributed by atoms with van der Waals surface area (Å²) in [5.74, 6) is -11.3. The molecule has 16 nitrogen and oxygen atoms in total. The molecule has 0 saturated carbocycles. The zero-order chi connectivity index (χ0) is 30.3. The average Bonchev–Trinajstić information content (AvgIpc) is 2.91. The number of phenolic OH excluding ortho intramolecular Hbond substituents is 6. The predicted octanol–water partition coefficient (Wildman–Crippen LogP) is 0.518. The van der Waals surface area contributed by atoms with Gasteiger partial charge in [-0.05, 0) is 12.1 Å². The Hall–Kier alpha value is -4.96. The number of methoxy groups -OCH3 is 1. The van der Waals surface area contributed by atoms with Gasteiger partial charge in [-0.1, -0.05) is 0 Å². The highest BCUT2D eigenvalue weighted by Crippen LogP contribution is 2.53. The van der Waals surface area contributed by atoms with Gasteiger partial charge < -0.3 is 59.1 Å². The van der Waals surface area contributed by atoms with Crippen LogP contribution in [0, 0.1) is 0 Å². The topological polar surface area (TPSA) is 245 Å². The highest BCUT2D eigenvalue weighted by Gasteiger charge is 2.53. The zero-order valence-electron chi connectivity index (χ0n) is 21.5. The molecule has 0 unspecified atom stereocenters. The van der Waals surface area contributed by atoms with Crippen LogP contribution in [0.3, 0.4) is 0 Å². The smallest absolute Gasteiger partial charge is 0.339 e. The minimum Gasteiger partial charge on any atom is -0.504 e. The Morgan fingerprint density at radius 2 is 1.27 bits per heavy atom. The van der Waals surface area contributed by atoms with E-state index in [4.69, 9.17) is 28.4 Å². The summed E-state index contributed by atoms with van der Waals surface area (Å²) in [5.41, 5.74) is -3.17. The Balaban J connectivity index is 2.02. The molecule has 6 N–H and O–H groups in total. The van der Waals surface area contributed by atoms with Gasteiger partial charge in [0, 0.05) is 32.1 Å². The minimum atomic E-state index is -1.73. The van der Waals surface area contributed by atoms with Crippen LogP contribution < -0.4 is 0 Å². The summed E-state index contributed by atoms with van der Waals surface area (Å²) < 4.78 is 32.3. The number of ether oxygens (including phenoxy) is 6. The standard InChI is InChI=1S/C25H24O16/c1-7(26)37-6-13-20-21(36-3)22(25(39-13)38-8(2)27)41-24(35)10-5-12(29)17(31)19(33)15(10)14-9(23(34)40-20)4-11(28)16(30)18(14)32/h4-5,13,20-22,25,28-33H,6H2,1-3H3/t13-,20-,21+,22-,25+/m1/s1. The first kappa shape index (κ1) is 29.0. The van der Waals surface area contributed by atoms with Crippen molar-refractivity contribution in [3.05, 3.63) is 23.3 Å². The van der Waals surface area contributed by atoms with Crippen LogP contribution in [0.4, 0.5) is 0 Å². The monoisotopic (exact) mass is 580 g/mol. The van der Waals surface area contributed by atoms with E-state index < -0.39 is 118 Å². The molecule has 16 heteroatoms. The van der Waals surface area contributed by atoms with Crippen molar-refractivity contribution in [3.8, 4) is 45.6 Å². The van der Waals surface area contributed by atoms with E-state index in [1.165, 1.54) is 0 Å². The van der Waals surface area contributed by atoms with Gasteiger partial charge in [-0.3, -0.25) is 9.59 Å². The van der Waals surface area contributed by atoms with Crippen LogP contribution in [0.25, 0.3) is 11.1 Å². The normalized spacial score (nSPS) is 23.6. The Kier molecular flexibility index (Phi) is 7.72. The van der Waals surface area contributed by atoms with E-state index in [2.05, 4.69) is 0 Å². The first-order valence-electron chi connectivity index (χ1n) is 11.7. The Labute approximate surface area is 229 Å². The molecule has 4 rings (SSSR count). The van der Waals surface area contributed by atoms with Gasteiger partial charge in [-0.25, -0.2) is 9.59 Å². The molecule has 2 aliphatic heterocycles. The van der Waals surface area contributed by atoms with E-state index in [9.17, 15) is 49.8 Å². The third-order valence-corrected chi connectivity index (χ3v) is 6.28. The van der Waals surface area contributed by atoms with Crippen molar-refractivity contribution in [2.45, 2.75) is 44.6 Å². The molecule has 220 valence electrons. The van der Waals surface area contributed by atoms with E-state index in [1.54, 1.807) is 0 Å². The molecular formula is C25H24O16.